The minimum atomic E-state index is -0.343. The number of fused-ring (bicyclic) bond motifs is 1. The van der Waals surface area contributed by atoms with Gasteiger partial charge in [0.2, 0.25) is 0 Å². The summed E-state index contributed by atoms with van der Waals surface area (Å²) in [4.78, 5) is 18.1. The molecule has 2 aliphatic rings. The second kappa shape index (κ2) is 7.00. The number of cyclic esters (lactones) is 1. The van der Waals surface area contributed by atoms with Crippen molar-refractivity contribution in [2.45, 2.75) is 46.0 Å². The molecule has 0 aliphatic carbocycles. The fourth-order valence-electron chi connectivity index (χ4n) is 2.94. The third-order valence-electron chi connectivity index (χ3n) is 4.11. The van der Waals surface area contributed by atoms with Crippen LogP contribution in [0.5, 0.6) is 0 Å². The van der Waals surface area contributed by atoms with E-state index in [4.69, 9.17) is 4.74 Å². The number of carbonyl (C=O) groups excluding carboxylic acids is 1. The smallest absolute Gasteiger partial charge is 0.415 e. The normalized spacial score (nSPS) is 22.5. The number of ether oxygens (including phenoxy) is 1. The maximum Gasteiger partial charge on any atom is 0.415 e. The number of hydrogen-bond acceptors (Lipinski definition) is 5. The van der Waals surface area contributed by atoms with Gasteiger partial charge in [-0.25, -0.2) is 4.79 Å². The van der Waals surface area contributed by atoms with Gasteiger partial charge in [0, 0.05) is 18.8 Å². The zero-order valence-corrected chi connectivity index (χ0v) is 14.3. The summed E-state index contributed by atoms with van der Waals surface area (Å²) in [6.45, 7) is 8.09. The Morgan fingerprint density at radius 1 is 1.29 bits per heavy atom. The molecule has 0 saturated carbocycles. The molecule has 0 spiro atoms. The quantitative estimate of drug-likeness (QED) is 0.916. The third kappa shape index (κ3) is 2.99. The number of hydrogen-bond donors (Lipinski definition) is 1. The van der Waals surface area contributed by atoms with Crippen molar-refractivity contribution in [3.63, 3.8) is 0 Å². The van der Waals surface area contributed by atoms with E-state index < -0.39 is 0 Å². The van der Waals surface area contributed by atoms with Crippen LogP contribution < -0.4 is 10.2 Å². The number of pyridine rings is 1. The predicted molar refractivity (Wildman–Crippen MR) is 90.7 cm³/mol. The van der Waals surface area contributed by atoms with Crippen LogP contribution in [0.3, 0.4) is 0 Å². The third-order valence-corrected chi connectivity index (χ3v) is 4.11. The largest absolute Gasteiger partial charge is 0.437 e. The second-order valence-electron chi connectivity index (χ2n) is 5.68. The topological polar surface area (TPSA) is 72.3 Å². The summed E-state index contributed by atoms with van der Waals surface area (Å²) in [5.74, 6) is 0. The summed E-state index contributed by atoms with van der Waals surface area (Å²) < 4.78 is 7.42. The van der Waals surface area contributed by atoms with Crippen molar-refractivity contribution in [2.24, 2.45) is 0 Å². The molecule has 1 N–H and O–H groups in total. The van der Waals surface area contributed by atoms with Gasteiger partial charge in [-0.1, -0.05) is 19.9 Å². The van der Waals surface area contributed by atoms with E-state index in [1.807, 2.05) is 36.7 Å². The minimum Gasteiger partial charge on any atom is -0.437 e. The molecular formula is C17H23N5O2. The zero-order valence-electron chi connectivity index (χ0n) is 14.3. The molecule has 1 amide bonds. The van der Waals surface area contributed by atoms with Gasteiger partial charge in [0.1, 0.15) is 0 Å². The molecule has 0 aromatic carbocycles. The van der Waals surface area contributed by atoms with Crippen molar-refractivity contribution in [3.05, 3.63) is 42.0 Å². The van der Waals surface area contributed by atoms with Crippen LogP contribution in [-0.2, 0) is 17.8 Å². The molecule has 1 unspecified atom stereocenters. The van der Waals surface area contributed by atoms with Gasteiger partial charge in [-0.05, 0) is 19.1 Å². The first-order valence-electron chi connectivity index (χ1n) is 8.39. The van der Waals surface area contributed by atoms with Crippen molar-refractivity contribution < 1.29 is 9.53 Å². The van der Waals surface area contributed by atoms with Crippen LogP contribution in [0, 0.1) is 0 Å². The van der Waals surface area contributed by atoms with Gasteiger partial charge in [0.05, 0.1) is 36.4 Å². The Morgan fingerprint density at radius 2 is 2.12 bits per heavy atom. The monoisotopic (exact) mass is 329 g/mol. The average molecular weight is 329 g/mol. The number of rotatable bonds is 2. The number of nitrogens with zero attached hydrogens (tertiary/aromatic N) is 4. The van der Waals surface area contributed by atoms with Crippen molar-refractivity contribution in [3.8, 4) is 0 Å². The Hall–Kier alpha value is -2.41. The fourth-order valence-corrected chi connectivity index (χ4v) is 2.94. The summed E-state index contributed by atoms with van der Waals surface area (Å²) >= 11 is 0. The van der Waals surface area contributed by atoms with Crippen molar-refractivity contribution in [1.82, 2.24) is 20.1 Å². The lowest BCUT2D eigenvalue weighted by molar-refractivity contribution is 0.140. The fraction of sp³-hybridized carbons (Fsp3) is 0.471. The molecule has 0 radical (unpaired) electrons. The SMILES string of the molecule is CC.C[C@H]1Cn2ncc(N3CC(c4ccccn4)OC3=O)c2CN1. The molecule has 128 valence electrons. The van der Waals surface area contributed by atoms with Crippen molar-refractivity contribution >= 4 is 11.8 Å². The van der Waals surface area contributed by atoms with E-state index >= 15 is 0 Å². The highest BCUT2D eigenvalue weighted by Gasteiger charge is 2.36. The molecule has 4 heterocycles. The Morgan fingerprint density at radius 3 is 2.88 bits per heavy atom. The average Bonchev–Trinajstić information content (AvgIpc) is 3.20. The summed E-state index contributed by atoms with van der Waals surface area (Å²) in [7, 11) is 0. The Balaban J connectivity index is 0.000000815. The first-order chi connectivity index (χ1) is 11.7. The lowest BCUT2D eigenvalue weighted by atomic mass is 10.2. The standard InChI is InChI=1S/C15H17N5O2.C2H6/c1-10-8-20-13(6-17-10)12(7-18-20)19-9-14(22-15(19)21)11-4-2-3-5-16-11;1-2/h2-5,7,10,14,17H,6,8-9H2,1H3;1-2H3/t10-,14?;/m0./s1. The maximum absolute atomic E-state index is 12.2. The Kier molecular flexibility index (Phi) is 4.80. The predicted octanol–water partition coefficient (Wildman–Crippen LogP) is 2.49. The highest BCUT2D eigenvalue weighted by Crippen LogP contribution is 2.32. The van der Waals surface area contributed by atoms with Crippen LogP contribution in [0.15, 0.2) is 30.6 Å². The highest BCUT2D eigenvalue weighted by atomic mass is 16.6. The van der Waals surface area contributed by atoms with Crippen LogP contribution >= 0.6 is 0 Å². The molecule has 24 heavy (non-hydrogen) atoms. The molecule has 2 aromatic rings. The lowest BCUT2D eigenvalue weighted by Gasteiger charge is -2.23. The van der Waals surface area contributed by atoms with Crippen LogP contribution in [0.2, 0.25) is 0 Å². The Labute approximate surface area is 141 Å². The van der Waals surface area contributed by atoms with Crippen LogP contribution in [0.4, 0.5) is 10.5 Å². The second-order valence-corrected chi connectivity index (χ2v) is 5.68. The number of carbonyl (C=O) groups is 1. The molecule has 4 rings (SSSR count). The number of nitrogens with one attached hydrogen (secondary N) is 1. The van der Waals surface area contributed by atoms with E-state index in [0.717, 1.165) is 23.6 Å². The molecule has 1 saturated heterocycles. The van der Waals surface area contributed by atoms with E-state index in [0.29, 0.717) is 19.1 Å². The molecule has 2 aliphatic heterocycles. The van der Waals surface area contributed by atoms with Crippen molar-refractivity contribution in [1.29, 1.82) is 0 Å². The zero-order chi connectivity index (χ0) is 17.1. The summed E-state index contributed by atoms with van der Waals surface area (Å²) in [6, 6.07) is 6.00. The van der Waals surface area contributed by atoms with E-state index in [1.165, 1.54) is 0 Å². The molecule has 1 fully saturated rings. The van der Waals surface area contributed by atoms with Gasteiger partial charge in [0.25, 0.3) is 0 Å². The van der Waals surface area contributed by atoms with Gasteiger partial charge in [-0.15, -0.1) is 0 Å². The van der Waals surface area contributed by atoms with Gasteiger partial charge >= 0.3 is 6.09 Å². The van der Waals surface area contributed by atoms with Gasteiger partial charge < -0.3 is 10.1 Å². The van der Waals surface area contributed by atoms with E-state index in [-0.39, 0.29) is 12.2 Å². The number of amides is 1. The maximum atomic E-state index is 12.2. The van der Waals surface area contributed by atoms with Gasteiger partial charge in [-0.3, -0.25) is 14.6 Å². The first-order valence-corrected chi connectivity index (χ1v) is 8.39. The molecule has 2 aromatic heterocycles. The van der Waals surface area contributed by atoms with Crippen LogP contribution in [0.1, 0.15) is 38.3 Å². The van der Waals surface area contributed by atoms with Gasteiger partial charge in [-0.2, -0.15) is 5.10 Å². The van der Waals surface area contributed by atoms with Gasteiger partial charge in [0.15, 0.2) is 6.10 Å². The summed E-state index contributed by atoms with van der Waals surface area (Å²) in [5.41, 5.74) is 2.62. The van der Waals surface area contributed by atoms with E-state index in [1.54, 1.807) is 17.3 Å². The summed E-state index contributed by atoms with van der Waals surface area (Å²) in [6.07, 6.45) is 2.78. The lowest BCUT2D eigenvalue weighted by Crippen LogP contribution is -2.37. The van der Waals surface area contributed by atoms with E-state index in [2.05, 4.69) is 22.3 Å². The molecule has 2 atom stereocenters. The molecule has 0 bridgehead atoms. The Bertz CT molecular complexity index is 700. The van der Waals surface area contributed by atoms with Crippen LogP contribution in [0.25, 0.3) is 0 Å². The first kappa shape index (κ1) is 16.4. The molecule has 7 nitrogen and oxygen atoms in total. The highest BCUT2D eigenvalue weighted by molar-refractivity contribution is 5.90. The van der Waals surface area contributed by atoms with E-state index in [9.17, 15) is 4.79 Å². The van der Waals surface area contributed by atoms with Crippen LogP contribution in [-0.4, -0.2) is 33.4 Å². The number of anilines is 1. The van der Waals surface area contributed by atoms with Crippen molar-refractivity contribution in [2.75, 3.05) is 11.4 Å². The molecular weight excluding hydrogens is 306 g/mol. The number of aromatic nitrogens is 3. The molecule has 7 heteroatoms. The summed E-state index contributed by atoms with van der Waals surface area (Å²) in [5, 5.41) is 7.79. The minimum absolute atomic E-state index is 0.334.